The molecule has 0 bridgehead atoms. The lowest BCUT2D eigenvalue weighted by atomic mass is 10.1. The summed E-state index contributed by atoms with van der Waals surface area (Å²) < 4.78 is 10.9. The Labute approximate surface area is 119 Å². The monoisotopic (exact) mass is 272 g/mol. The van der Waals surface area contributed by atoms with Crippen LogP contribution >= 0.6 is 0 Å². The summed E-state index contributed by atoms with van der Waals surface area (Å²) in [7, 11) is 1.62. The second-order valence-electron chi connectivity index (χ2n) is 4.85. The highest BCUT2D eigenvalue weighted by molar-refractivity contribution is 5.30. The van der Waals surface area contributed by atoms with Gasteiger partial charge in [0, 0.05) is 0 Å². The molecule has 0 aromatic heterocycles. The molecule has 0 spiro atoms. The zero-order valence-electron chi connectivity index (χ0n) is 12.0. The minimum Gasteiger partial charge on any atom is -0.497 e. The molecule has 2 aromatic carbocycles. The number of methoxy groups -OCH3 is 1. The highest BCUT2D eigenvalue weighted by Crippen LogP contribution is 2.23. The van der Waals surface area contributed by atoms with Gasteiger partial charge in [-0.05, 0) is 43.7 Å². The molecular weight excluding hydrogens is 252 g/mol. The minimum absolute atomic E-state index is 0.328. The fraction of sp³-hybridized carbons (Fsp3) is 0.294. The second kappa shape index (κ2) is 6.44. The first-order valence-corrected chi connectivity index (χ1v) is 6.65. The molecule has 3 heteroatoms. The van der Waals surface area contributed by atoms with Crippen LogP contribution in [0.25, 0.3) is 0 Å². The van der Waals surface area contributed by atoms with Gasteiger partial charge in [0.05, 0.1) is 7.11 Å². The predicted octanol–water partition coefficient (Wildman–Crippen LogP) is 3.50. The maximum atomic E-state index is 10.3. The van der Waals surface area contributed by atoms with E-state index >= 15 is 0 Å². The van der Waals surface area contributed by atoms with E-state index in [1.54, 1.807) is 7.11 Å². The van der Waals surface area contributed by atoms with Crippen molar-refractivity contribution >= 4 is 0 Å². The van der Waals surface area contributed by atoms with Crippen molar-refractivity contribution in [2.24, 2.45) is 0 Å². The zero-order valence-corrected chi connectivity index (χ0v) is 12.0. The number of hydrogen-bond donors (Lipinski definition) is 1. The Morgan fingerprint density at radius 1 is 0.900 bits per heavy atom. The Kier molecular flexibility index (Phi) is 4.64. The normalized spacial score (nSPS) is 13.6. The molecule has 0 heterocycles. The molecule has 2 unspecified atom stereocenters. The Balaban J connectivity index is 2.03. The largest absolute Gasteiger partial charge is 0.497 e. The Hall–Kier alpha value is -2.00. The summed E-state index contributed by atoms with van der Waals surface area (Å²) in [6.45, 7) is 3.88. The maximum absolute atomic E-state index is 10.3. The highest BCUT2D eigenvalue weighted by Gasteiger charge is 2.18. The van der Waals surface area contributed by atoms with Gasteiger partial charge < -0.3 is 14.6 Å². The van der Waals surface area contributed by atoms with E-state index in [1.807, 2.05) is 62.4 Å². The van der Waals surface area contributed by atoms with Crippen molar-refractivity contribution in [1.82, 2.24) is 0 Å². The van der Waals surface area contributed by atoms with Crippen molar-refractivity contribution in [2.75, 3.05) is 7.11 Å². The third-order valence-corrected chi connectivity index (χ3v) is 3.24. The van der Waals surface area contributed by atoms with Crippen LogP contribution in [0.1, 0.15) is 24.2 Å². The maximum Gasteiger partial charge on any atom is 0.126 e. The van der Waals surface area contributed by atoms with Gasteiger partial charge in [-0.2, -0.15) is 0 Å². The first kappa shape index (κ1) is 14.4. The Morgan fingerprint density at radius 3 is 2.00 bits per heavy atom. The summed E-state index contributed by atoms with van der Waals surface area (Å²) >= 11 is 0. The first-order valence-electron chi connectivity index (χ1n) is 6.65. The van der Waals surface area contributed by atoms with Crippen LogP contribution in [0, 0.1) is 6.92 Å². The van der Waals surface area contributed by atoms with Crippen LogP contribution in [-0.4, -0.2) is 18.3 Å². The van der Waals surface area contributed by atoms with Crippen LogP contribution in [0.5, 0.6) is 11.5 Å². The van der Waals surface area contributed by atoms with E-state index in [9.17, 15) is 5.11 Å². The molecule has 0 saturated heterocycles. The second-order valence-corrected chi connectivity index (χ2v) is 4.85. The SMILES string of the molecule is COc1ccc(C(O)C(C)Oc2ccc(C)cc2)cc1. The van der Waals surface area contributed by atoms with E-state index in [-0.39, 0.29) is 6.10 Å². The lowest BCUT2D eigenvalue weighted by Crippen LogP contribution is -2.21. The zero-order chi connectivity index (χ0) is 14.5. The van der Waals surface area contributed by atoms with Crippen molar-refractivity contribution in [3.8, 4) is 11.5 Å². The third-order valence-electron chi connectivity index (χ3n) is 3.24. The van der Waals surface area contributed by atoms with Gasteiger partial charge in [-0.3, -0.25) is 0 Å². The molecule has 2 aromatic rings. The molecule has 0 aliphatic rings. The van der Waals surface area contributed by atoms with Crippen molar-refractivity contribution in [2.45, 2.75) is 26.1 Å². The van der Waals surface area contributed by atoms with Gasteiger partial charge in [0.1, 0.15) is 23.7 Å². The molecule has 2 atom stereocenters. The molecule has 106 valence electrons. The molecule has 2 rings (SSSR count). The molecule has 0 aliphatic carbocycles. The van der Waals surface area contributed by atoms with E-state index < -0.39 is 6.10 Å². The summed E-state index contributed by atoms with van der Waals surface area (Å²) in [6.07, 6.45) is -1.01. The fourth-order valence-corrected chi connectivity index (χ4v) is 1.97. The number of aliphatic hydroxyl groups excluding tert-OH is 1. The van der Waals surface area contributed by atoms with Crippen molar-refractivity contribution < 1.29 is 14.6 Å². The summed E-state index contributed by atoms with van der Waals surface area (Å²) in [6, 6.07) is 15.1. The Bertz CT molecular complexity index is 531. The highest BCUT2D eigenvalue weighted by atomic mass is 16.5. The smallest absolute Gasteiger partial charge is 0.126 e. The van der Waals surface area contributed by atoms with Gasteiger partial charge in [-0.25, -0.2) is 0 Å². The summed E-state index contributed by atoms with van der Waals surface area (Å²) in [5.74, 6) is 1.53. The molecule has 3 nitrogen and oxygen atoms in total. The van der Waals surface area contributed by atoms with E-state index in [4.69, 9.17) is 9.47 Å². The molecular formula is C17H20O3. The molecule has 0 saturated carbocycles. The fourth-order valence-electron chi connectivity index (χ4n) is 1.97. The van der Waals surface area contributed by atoms with Gasteiger partial charge in [0.15, 0.2) is 0 Å². The number of hydrogen-bond acceptors (Lipinski definition) is 3. The number of ether oxygens (including phenoxy) is 2. The molecule has 0 fully saturated rings. The molecule has 1 N–H and O–H groups in total. The molecule has 0 aliphatic heterocycles. The number of aliphatic hydroxyl groups is 1. The number of aryl methyl sites for hydroxylation is 1. The van der Waals surface area contributed by atoms with Crippen LogP contribution in [0.15, 0.2) is 48.5 Å². The molecule has 20 heavy (non-hydrogen) atoms. The lowest BCUT2D eigenvalue weighted by Gasteiger charge is -2.21. The topological polar surface area (TPSA) is 38.7 Å². The average Bonchev–Trinajstić information content (AvgIpc) is 2.49. The van der Waals surface area contributed by atoms with E-state index in [2.05, 4.69) is 0 Å². The summed E-state index contributed by atoms with van der Waals surface area (Å²) in [5.41, 5.74) is 1.99. The van der Waals surface area contributed by atoms with E-state index in [1.165, 1.54) is 5.56 Å². The van der Waals surface area contributed by atoms with Crippen LogP contribution < -0.4 is 9.47 Å². The summed E-state index contributed by atoms with van der Waals surface area (Å²) in [5, 5.41) is 10.3. The lowest BCUT2D eigenvalue weighted by molar-refractivity contribution is 0.0467. The van der Waals surface area contributed by atoms with E-state index in [0.29, 0.717) is 0 Å². The first-order chi connectivity index (χ1) is 9.60. The van der Waals surface area contributed by atoms with Gasteiger partial charge in [-0.15, -0.1) is 0 Å². The van der Waals surface area contributed by atoms with Crippen LogP contribution in [-0.2, 0) is 0 Å². The van der Waals surface area contributed by atoms with Gasteiger partial charge in [0.2, 0.25) is 0 Å². The van der Waals surface area contributed by atoms with Gasteiger partial charge in [-0.1, -0.05) is 29.8 Å². The minimum atomic E-state index is -0.679. The number of rotatable bonds is 5. The molecule has 0 amide bonds. The Morgan fingerprint density at radius 2 is 1.45 bits per heavy atom. The van der Waals surface area contributed by atoms with Crippen LogP contribution in [0.4, 0.5) is 0 Å². The van der Waals surface area contributed by atoms with Crippen molar-refractivity contribution in [3.63, 3.8) is 0 Å². The van der Waals surface area contributed by atoms with Crippen LogP contribution in [0.3, 0.4) is 0 Å². The standard InChI is InChI=1S/C17H20O3/c1-12-4-8-16(9-5-12)20-13(2)17(18)14-6-10-15(19-3)11-7-14/h4-11,13,17-18H,1-3H3. The van der Waals surface area contributed by atoms with Crippen LogP contribution in [0.2, 0.25) is 0 Å². The predicted molar refractivity (Wildman–Crippen MR) is 79.2 cm³/mol. The van der Waals surface area contributed by atoms with E-state index in [0.717, 1.165) is 17.1 Å². The van der Waals surface area contributed by atoms with Crippen molar-refractivity contribution in [3.05, 3.63) is 59.7 Å². The number of benzene rings is 2. The molecule has 0 radical (unpaired) electrons. The third kappa shape index (κ3) is 3.52. The van der Waals surface area contributed by atoms with Gasteiger partial charge >= 0.3 is 0 Å². The quantitative estimate of drug-likeness (QED) is 0.905. The summed E-state index contributed by atoms with van der Waals surface area (Å²) in [4.78, 5) is 0. The average molecular weight is 272 g/mol. The van der Waals surface area contributed by atoms with Gasteiger partial charge in [0.25, 0.3) is 0 Å². The van der Waals surface area contributed by atoms with Crippen molar-refractivity contribution in [1.29, 1.82) is 0 Å².